The molecule has 0 amide bonds. The van der Waals surface area contributed by atoms with Gasteiger partial charge in [0.2, 0.25) is 0 Å². The van der Waals surface area contributed by atoms with Gasteiger partial charge in [0.25, 0.3) is 0 Å². The van der Waals surface area contributed by atoms with Crippen molar-refractivity contribution in [2.45, 2.75) is 25.7 Å². The molecule has 3 heteroatoms. The summed E-state index contributed by atoms with van der Waals surface area (Å²) in [5, 5.41) is 9.07. The molecule has 2 atom stereocenters. The lowest BCUT2D eigenvalue weighted by Gasteiger charge is -2.12. The second-order valence-corrected chi connectivity index (χ2v) is 2.05. The zero-order valence-corrected chi connectivity index (χ0v) is 5.54. The van der Waals surface area contributed by atoms with Gasteiger partial charge in [-0.25, -0.2) is 0 Å². The molecule has 1 N–H and O–H groups in total. The molecule has 0 radical (unpaired) electrons. The first-order valence-corrected chi connectivity index (χ1v) is 3.26. The number of aliphatic hydroxyl groups excluding tert-OH is 1. The van der Waals surface area contributed by atoms with Gasteiger partial charge >= 0.3 is 0 Å². The van der Waals surface area contributed by atoms with E-state index in [4.69, 9.17) is 14.6 Å². The van der Waals surface area contributed by atoms with E-state index in [2.05, 4.69) is 0 Å². The van der Waals surface area contributed by atoms with Crippen LogP contribution < -0.4 is 0 Å². The van der Waals surface area contributed by atoms with Gasteiger partial charge in [0.15, 0.2) is 6.29 Å². The lowest BCUT2D eigenvalue weighted by molar-refractivity contribution is -0.146. The van der Waals surface area contributed by atoms with Crippen molar-refractivity contribution in [3.63, 3.8) is 0 Å². The van der Waals surface area contributed by atoms with E-state index in [9.17, 15) is 0 Å². The summed E-state index contributed by atoms with van der Waals surface area (Å²) in [6, 6.07) is 0. The normalized spacial score (nSPS) is 35.3. The third kappa shape index (κ3) is 1.64. The van der Waals surface area contributed by atoms with Crippen LogP contribution >= 0.6 is 0 Å². The molecule has 0 unspecified atom stereocenters. The Morgan fingerprint density at radius 2 is 2.56 bits per heavy atom. The summed E-state index contributed by atoms with van der Waals surface area (Å²) in [7, 11) is 0. The third-order valence-corrected chi connectivity index (χ3v) is 1.34. The Morgan fingerprint density at radius 3 is 3.00 bits per heavy atom. The summed E-state index contributed by atoms with van der Waals surface area (Å²) in [4.78, 5) is 0. The number of rotatable bonds is 2. The molecule has 1 saturated heterocycles. The number of aliphatic hydroxyl groups is 1. The highest BCUT2D eigenvalue weighted by atomic mass is 16.7. The summed E-state index contributed by atoms with van der Waals surface area (Å²) >= 11 is 0. The Kier molecular flexibility index (Phi) is 2.45. The highest BCUT2D eigenvalue weighted by molar-refractivity contribution is 4.66. The number of hydrogen-bond acceptors (Lipinski definition) is 3. The van der Waals surface area contributed by atoms with E-state index in [0.29, 0.717) is 19.6 Å². The first kappa shape index (κ1) is 6.99. The van der Waals surface area contributed by atoms with Crippen LogP contribution in [-0.2, 0) is 9.47 Å². The number of hydrogen-bond donors (Lipinski definition) is 1. The molecule has 0 aromatic rings. The molecule has 1 fully saturated rings. The number of ether oxygens (including phenoxy) is 2. The van der Waals surface area contributed by atoms with Crippen LogP contribution in [0.3, 0.4) is 0 Å². The van der Waals surface area contributed by atoms with E-state index in [1.54, 1.807) is 0 Å². The molecule has 1 rings (SSSR count). The molecule has 1 aliphatic heterocycles. The molecule has 1 aliphatic rings. The maximum Gasteiger partial charge on any atom is 0.183 e. The van der Waals surface area contributed by atoms with Crippen molar-refractivity contribution in [1.29, 1.82) is 0 Å². The molecule has 0 aromatic carbocycles. The molecule has 1 heterocycles. The highest BCUT2D eigenvalue weighted by Gasteiger charge is 2.25. The van der Waals surface area contributed by atoms with Crippen molar-refractivity contribution in [1.82, 2.24) is 0 Å². The second kappa shape index (κ2) is 3.15. The Morgan fingerprint density at radius 1 is 1.78 bits per heavy atom. The minimum absolute atomic E-state index is 0.366. The predicted octanol–water partition coefficient (Wildman–Crippen LogP) is 0.130. The smallest absolute Gasteiger partial charge is 0.183 e. The van der Waals surface area contributed by atoms with E-state index in [1.165, 1.54) is 0 Å². The predicted molar refractivity (Wildman–Crippen MR) is 32.0 cm³/mol. The van der Waals surface area contributed by atoms with Gasteiger partial charge in [-0.15, -0.1) is 0 Å². The molecule has 3 nitrogen and oxygen atoms in total. The topological polar surface area (TPSA) is 38.7 Å². The SMILES string of the molecule is CCO[C@H]1OCC[C@@H]1O. The molecule has 0 aliphatic carbocycles. The van der Waals surface area contributed by atoms with Crippen LogP contribution in [0.15, 0.2) is 0 Å². The van der Waals surface area contributed by atoms with Crippen molar-refractivity contribution in [2.24, 2.45) is 0 Å². The van der Waals surface area contributed by atoms with Crippen LogP contribution in [0.25, 0.3) is 0 Å². The zero-order chi connectivity index (χ0) is 6.69. The fourth-order valence-electron chi connectivity index (χ4n) is 0.876. The Bertz CT molecular complexity index is 84.4. The first-order valence-electron chi connectivity index (χ1n) is 3.26. The van der Waals surface area contributed by atoms with Gasteiger partial charge in [-0.05, 0) is 6.92 Å². The minimum atomic E-state index is -0.412. The average Bonchev–Trinajstić information content (AvgIpc) is 2.18. The molecular formula is C6H12O3. The first-order chi connectivity index (χ1) is 4.34. The Hall–Kier alpha value is -0.120. The van der Waals surface area contributed by atoms with Crippen molar-refractivity contribution < 1.29 is 14.6 Å². The van der Waals surface area contributed by atoms with Crippen LogP contribution in [0.4, 0.5) is 0 Å². The van der Waals surface area contributed by atoms with Crippen molar-refractivity contribution in [3.05, 3.63) is 0 Å². The van der Waals surface area contributed by atoms with Crippen LogP contribution in [0.5, 0.6) is 0 Å². The maximum atomic E-state index is 9.07. The molecule has 0 aromatic heterocycles. The van der Waals surface area contributed by atoms with E-state index in [1.807, 2.05) is 6.92 Å². The lowest BCUT2D eigenvalue weighted by Crippen LogP contribution is -2.23. The molecule has 0 spiro atoms. The largest absolute Gasteiger partial charge is 0.388 e. The van der Waals surface area contributed by atoms with Crippen LogP contribution in [0, 0.1) is 0 Å². The zero-order valence-electron chi connectivity index (χ0n) is 5.54. The third-order valence-electron chi connectivity index (χ3n) is 1.34. The quantitative estimate of drug-likeness (QED) is 0.580. The summed E-state index contributed by atoms with van der Waals surface area (Å²) in [5.74, 6) is 0. The maximum absolute atomic E-state index is 9.07. The van der Waals surface area contributed by atoms with Crippen molar-refractivity contribution in [2.75, 3.05) is 13.2 Å². The van der Waals surface area contributed by atoms with Gasteiger partial charge in [0, 0.05) is 13.0 Å². The Balaban J connectivity index is 2.22. The summed E-state index contributed by atoms with van der Waals surface area (Å²) in [6.07, 6.45) is -0.0788. The van der Waals surface area contributed by atoms with E-state index >= 15 is 0 Å². The van der Waals surface area contributed by atoms with Gasteiger partial charge in [-0.2, -0.15) is 0 Å². The standard InChI is InChI=1S/C6H12O3/c1-2-8-6-5(7)3-4-9-6/h5-7H,2-4H2,1H3/t5-,6-/m0/s1. The van der Waals surface area contributed by atoms with Crippen molar-refractivity contribution >= 4 is 0 Å². The van der Waals surface area contributed by atoms with Crippen LogP contribution in [0.2, 0.25) is 0 Å². The molecule has 0 bridgehead atoms. The van der Waals surface area contributed by atoms with Crippen LogP contribution in [0.1, 0.15) is 13.3 Å². The molecule has 54 valence electrons. The summed E-state index contributed by atoms with van der Waals surface area (Å²) < 4.78 is 10.1. The molecule has 0 saturated carbocycles. The van der Waals surface area contributed by atoms with Gasteiger partial charge in [-0.3, -0.25) is 0 Å². The fraction of sp³-hybridized carbons (Fsp3) is 1.00. The van der Waals surface area contributed by atoms with Gasteiger partial charge in [0.1, 0.15) is 6.10 Å². The van der Waals surface area contributed by atoms with Crippen LogP contribution in [-0.4, -0.2) is 30.7 Å². The minimum Gasteiger partial charge on any atom is -0.388 e. The fourth-order valence-corrected chi connectivity index (χ4v) is 0.876. The monoisotopic (exact) mass is 132 g/mol. The molecular weight excluding hydrogens is 120 g/mol. The molecule has 9 heavy (non-hydrogen) atoms. The summed E-state index contributed by atoms with van der Waals surface area (Å²) in [6.45, 7) is 3.10. The highest BCUT2D eigenvalue weighted by Crippen LogP contribution is 2.13. The van der Waals surface area contributed by atoms with Gasteiger partial charge < -0.3 is 14.6 Å². The Labute approximate surface area is 54.6 Å². The van der Waals surface area contributed by atoms with Gasteiger partial charge in [-0.1, -0.05) is 0 Å². The summed E-state index contributed by atoms with van der Waals surface area (Å²) in [5.41, 5.74) is 0. The van der Waals surface area contributed by atoms with Crippen molar-refractivity contribution in [3.8, 4) is 0 Å². The van der Waals surface area contributed by atoms with Gasteiger partial charge in [0.05, 0.1) is 6.61 Å². The average molecular weight is 132 g/mol. The van der Waals surface area contributed by atoms with E-state index < -0.39 is 6.10 Å². The second-order valence-electron chi connectivity index (χ2n) is 2.05. The lowest BCUT2D eigenvalue weighted by atomic mass is 10.3. The van der Waals surface area contributed by atoms with E-state index in [0.717, 1.165) is 0 Å². The van der Waals surface area contributed by atoms with E-state index in [-0.39, 0.29) is 6.29 Å².